The molecule has 10 aromatic carbocycles. The van der Waals surface area contributed by atoms with E-state index >= 15 is 0 Å². The second-order valence-corrected chi connectivity index (χ2v) is 15.4. The number of fused-ring (bicyclic) bond motifs is 5. The summed E-state index contributed by atoms with van der Waals surface area (Å²) in [5.74, 6) is 0. The van der Waals surface area contributed by atoms with Gasteiger partial charge in [-0.05, 0) is 116 Å². The summed E-state index contributed by atoms with van der Waals surface area (Å²) in [7, 11) is 0. The standard InChI is InChI=1S/C58H40N2/c1-3-11-41(12-4-1)43-19-21-44(22-20-43)46-25-34-51(35-26-46)59(50-32-23-45(24-33-50)42-13-5-2-6-14-42)52-36-27-47(28-37-52)48-29-38-53(39-30-48)60-56-18-10-9-17-55(56)58-54-16-8-7-15-49(54)31-40-57(58)60/h1-40H. The van der Waals surface area contributed by atoms with E-state index in [1.54, 1.807) is 0 Å². The zero-order valence-corrected chi connectivity index (χ0v) is 33.0. The Kier molecular flexibility index (Phi) is 8.87. The van der Waals surface area contributed by atoms with Crippen molar-refractivity contribution >= 4 is 49.6 Å². The van der Waals surface area contributed by atoms with Gasteiger partial charge in [0, 0.05) is 33.5 Å². The normalized spacial score (nSPS) is 11.3. The van der Waals surface area contributed by atoms with E-state index in [2.05, 4.69) is 252 Å². The summed E-state index contributed by atoms with van der Waals surface area (Å²) in [6, 6.07) is 87.7. The van der Waals surface area contributed by atoms with E-state index in [9.17, 15) is 0 Å². The summed E-state index contributed by atoms with van der Waals surface area (Å²) in [6.45, 7) is 0. The number of rotatable bonds is 8. The van der Waals surface area contributed by atoms with Gasteiger partial charge < -0.3 is 9.47 Å². The topological polar surface area (TPSA) is 8.17 Å². The lowest BCUT2D eigenvalue weighted by atomic mass is 10.00. The first-order valence-electron chi connectivity index (χ1n) is 20.6. The molecule has 0 aliphatic carbocycles. The first-order chi connectivity index (χ1) is 29.7. The molecule has 0 amide bonds. The molecule has 0 unspecified atom stereocenters. The highest BCUT2D eigenvalue weighted by Gasteiger charge is 2.16. The van der Waals surface area contributed by atoms with E-state index in [0.717, 1.165) is 22.7 Å². The average molecular weight is 765 g/mol. The van der Waals surface area contributed by atoms with Crippen LogP contribution in [0.2, 0.25) is 0 Å². The molecule has 0 fully saturated rings. The Morgan fingerprint density at radius 1 is 0.250 bits per heavy atom. The molecule has 11 rings (SSSR count). The van der Waals surface area contributed by atoms with Gasteiger partial charge in [-0.15, -0.1) is 0 Å². The molecule has 0 saturated carbocycles. The van der Waals surface area contributed by atoms with Crippen molar-refractivity contribution in [3.63, 3.8) is 0 Å². The summed E-state index contributed by atoms with van der Waals surface area (Å²) in [6.07, 6.45) is 0. The van der Waals surface area contributed by atoms with Gasteiger partial charge in [0.25, 0.3) is 0 Å². The predicted molar refractivity (Wildman–Crippen MR) is 255 cm³/mol. The van der Waals surface area contributed by atoms with Crippen LogP contribution < -0.4 is 4.90 Å². The summed E-state index contributed by atoms with van der Waals surface area (Å²) in [5, 5.41) is 5.12. The fourth-order valence-corrected chi connectivity index (χ4v) is 8.79. The van der Waals surface area contributed by atoms with Crippen LogP contribution in [0, 0.1) is 0 Å². The van der Waals surface area contributed by atoms with Gasteiger partial charge in [-0.25, -0.2) is 0 Å². The van der Waals surface area contributed by atoms with Crippen LogP contribution in [0.4, 0.5) is 17.1 Å². The van der Waals surface area contributed by atoms with Crippen LogP contribution >= 0.6 is 0 Å². The Hall–Kier alpha value is -7.94. The number of anilines is 3. The number of para-hydroxylation sites is 1. The lowest BCUT2D eigenvalue weighted by Gasteiger charge is -2.26. The minimum atomic E-state index is 1.10. The lowest BCUT2D eigenvalue weighted by Crippen LogP contribution is -2.09. The van der Waals surface area contributed by atoms with E-state index in [1.807, 2.05) is 0 Å². The third-order valence-corrected chi connectivity index (χ3v) is 11.8. The summed E-state index contributed by atoms with van der Waals surface area (Å²) in [5.41, 5.74) is 16.5. The molecule has 2 nitrogen and oxygen atoms in total. The molecule has 11 aromatic rings. The molecular weight excluding hydrogens is 725 g/mol. The van der Waals surface area contributed by atoms with Crippen LogP contribution in [0.5, 0.6) is 0 Å². The molecule has 1 heterocycles. The van der Waals surface area contributed by atoms with Gasteiger partial charge in [-0.2, -0.15) is 0 Å². The summed E-state index contributed by atoms with van der Waals surface area (Å²) < 4.78 is 2.40. The van der Waals surface area contributed by atoms with Crippen LogP contribution in [0.3, 0.4) is 0 Å². The molecule has 0 bridgehead atoms. The number of hydrogen-bond donors (Lipinski definition) is 0. The molecule has 2 heteroatoms. The van der Waals surface area contributed by atoms with Gasteiger partial charge in [0.1, 0.15) is 0 Å². The van der Waals surface area contributed by atoms with Crippen LogP contribution in [-0.2, 0) is 0 Å². The smallest absolute Gasteiger partial charge is 0.0547 e. The van der Waals surface area contributed by atoms with Gasteiger partial charge in [0.05, 0.1) is 11.0 Å². The van der Waals surface area contributed by atoms with Crippen molar-refractivity contribution in [1.82, 2.24) is 4.57 Å². The minimum absolute atomic E-state index is 1.10. The van der Waals surface area contributed by atoms with Crippen molar-refractivity contribution in [2.75, 3.05) is 4.90 Å². The van der Waals surface area contributed by atoms with E-state index in [4.69, 9.17) is 0 Å². The molecule has 0 saturated heterocycles. The molecule has 0 aliphatic heterocycles. The zero-order chi connectivity index (χ0) is 39.8. The molecule has 282 valence electrons. The SMILES string of the molecule is c1ccc(-c2ccc(-c3ccc(N(c4ccc(-c5ccccc5)cc4)c4ccc(-c5ccc(-n6c7ccccc7c7c8ccccc8ccc76)cc5)cc4)cc3)cc2)cc1. The van der Waals surface area contributed by atoms with Gasteiger partial charge >= 0.3 is 0 Å². The zero-order valence-electron chi connectivity index (χ0n) is 33.0. The first-order valence-corrected chi connectivity index (χ1v) is 20.6. The molecule has 0 aliphatic rings. The number of aromatic nitrogens is 1. The van der Waals surface area contributed by atoms with Crippen molar-refractivity contribution in [3.05, 3.63) is 243 Å². The Morgan fingerprint density at radius 2 is 0.617 bits per heavy atom. The van der Waals surface area contributed by atoms with E-state index in [0.29, 0.717) is 0 Å². The Balaban J connectivity index is 0.919. The predicted octanol–water partition coefficient (Wildman–Crippen LogP) is 16.1. The Morgan fingerprint density at radius 3 is 1.10 bits per heavy atom. The largest absolute Gasteiger partial charge is 0.311 e. The fourth-order valence-electron chi connectivity index (χ4n) is 8.79. The Bertz CT molecular complexity index is 3240. The molecule has 0 N–H and O–H groups in total. The van der Waals surface area contributed by atoms with Crippen molar-refractivity contribution in [2.24, 2.45) is 0 Å². The summed E-state index contributed by atoms with van der Waals surface area (Å²) >= 11 is 0. The van der Waals surface area contributed by atoms with Crippen LogP contribution in [0.1, 0.15) is 0 Å². The maximum atomic E-state index is 2.40. The summed E-state index contributed by atoms with van der Waals surface area (Å²) in [4.78, 5) is 2.34. The maximum Gasteiger partial charge on any atom is 0.0547 e. The minimum Gasteiger partial charge on any atom is -0.311 e. The molecule has 0 atom stereocenters. The second-order valence-electron chi connectivity index (χ2n) is 15.4. The number of nitrogens with zero attached hydrogens (tertiary/aromatic N) is 2. The van der Waals surface area contributed by atoms with Crippen LogP contribution in [-0.4, -0.2) is 4.57 Å². The number of hydrogen-bond acceptors (Lipinski definition) is 1. The second kappa shape index (κ2) is 15.1. The molecule has 1 aromatic heterocycles. The monoisotopic (exact) mass is 764 g/mol. The average Bonchev–Trinajstić information content (AvgIpc) is 3.68. The van der Waals surface area contributed by atoms with Gasteiger partial charge in [0.15, 0.2) is 0 Å². The highest BCUT2D eigenvalue weighted by atomic mass is 15.1. The molecule has 0 radical (unpaired) electrons. The number of benzene rings is 10. The fraction of sp³-hybridized carbons (Fsp3) is 0. The molecule has 60 heavy (non-hydrogen) atoms. The highest BCUT2D eigenvalue weighted by molar-refractivity contribution is 6.21. The quantitative estimate of drug-likeness (QED) is 0.150. The van der Waals surface area contributed by atoms with Crippen molar-refractivity contribution in [1.29, 1.82) is 0 Å². The third kappa shape index (κ3) is 6.41. The maximum absolute atomic E-state index is 2.40. The lowest BCUT2D eigenvalue weighted by molar-refractivity contribution is 1.18. The van der Waals surface area contributed by atoms with Gasteiger partial charge in [-0.1, -0.05) is 182 Å². The molecular formula is C58H40N2. The Labute approximate surface area is 350 Å². The van der Waals surface area contributed by atoms with E-state index in [1.165, 1.54) is 77.1 Å². The van der Waals surface area contributed by atoms with Gasteiger partial charge in [0.2, 0.25) is 0 Å². The van der Waals surface area contributed by atoms with E-state index < -0.39 is 0 Å². The van der Waals surface area contributed by atoms with Crippen LogP contribution in [0.25, 0.3) is 82.8 Å². The first kappa shape index (κ1) is 35.2. The molecule has 0 spiro atoms. The van der Waals surface area contributed by atoms with Crippen molar-refractivity contribution in [2.45, 2.75) is 0 Å². The van der Waals surface area contributed by atoms with E-state index in [-0.39, 0.29) is 0 Å². The van der Waals surface area contributed by atoms with Crippen LogP contribution in [0.15, 0.2) is 243 Å². The third-order valence-electron chi connectivity index (χ3n) is 11.8. The highest BCUT2D eigenvalue weighted by Crippen LogP contribution is 2.40. The van der Waals surface area contributed by atoms with Crippen molar-refractivity contribution in [3.8, 4) is 50.2 Å². The van der Waals surface area contributed by atoms with Gasteiger partial charge in [-0.3, -0.25) is 0 Å². The van der Waals surface area contributed by atoms with Crippen molar-refractivity contribution < 1.29 is 0 Å².